The summed E-state index contributed by atoms with van der Waals surface area (Å²) in [6.45, 7) is 0. The zero-order valence-electron chi connectivity index (χ0n) is 34.7. The highest BCUT2D eigenvalue weighted by Gasteiger charge is 2.18. The number of hydrogen-bond donors (Lipinski definition) is 0. The first-order chi connectivity index (χ1) is 31.2. The van der Waals surface area contributed by atoms with Crippen molar-refractivity contribution in [2.45, 2.75) is 0 Å². The van der Waals surface area contributed by atoms with Crippen LogP contribution in [0.15, 0.2) is 261 Å². The number of benzene rings is 10. The van der Waals surface area contributed by atoms with Crippen LogP contribution in [0, 0.1) is 0 Å². The normalized spacial score (nSPS) is 11.2. The largest absolute Gasteiger partial charge is 0.311 e. The van der Waals surface area contributed by atoms with Crippen LogP contribution in [0.5, 0.6) is 0 Å². The van der Waals surface area contributed by atoms with Crippen molar-refractivity contribution in [3.05, 3.63) is 261 Å². The molecule has 0 saturated carbocycles. The molecule has 63 heavy (non-hydrogen) atoms. The number of hydrogen-bond acceptors (Lipinski definition) is 2. The van der Waals surface area contributed by atoms with E-state index in [1.165, 1.54) is 49.7 Å². The molecule has 11 aromatic rings. The Kier molecular flexibility index (Phi) is 9.89. The third kappa shape index (κ3) is 7.32. The highest BCUT2D eigenvalue weighted by atomic mass is 15.1. The van der Waals surface area contributed by atoms with Crippen LogP contribution in [0.1, 0.15) is 0 Å². The summed E-state index contributed by atoms with van der Waals surface area (Å²) in [5.74, 6) is 0. The lowest BCUT2D eigenvalue weighted by Crippen LogP contribution is -2.10. The van der Waals surface area contributed by atoms with Gasteiger partial charge < -0.3 is 14.4 Å². The lowest BCUT2D eigenvalue weighted by molar-refractivity contribution is 1.18. The molecule has 0 amide bonds. The van der Waals surface area contributed by atoms with Crippen LogP contribution >= 0.6 is 0 Å². The number of para-hydroxylation sites is 3. The molecule has 0 bridgehead atoms. The first-order valence-corrected chi connectivity index (χ1v) is 21.5. The maximum Gasteiger partial charge on any atom is 0.0561 e. The quantitative estimate of drug-likeness (QED) is 0.136. The van der Waals surface area contributed by atoms with Gasteiger partial charge in [-0.05, 0) is 124 Å². The summed E-state index contributed by atoms with van der Waals surface area (Å²) < 4.78 is 2.41. The van der Waals surface area contributed by atoms with Gasteiger partial charge >= 0.3 is 0 Å². The summed E-state index contributed by atoms with van der Waals surface area (Å²) >= 11 is 0. The van der Waals surface area contributed by atoms with E-state index in [2.05, 4.69) is 275 Å². The fourth-order valence-corrected chi connectivity index (χ4v) is 8.90. The lowest BCUT2D eigenvalue weighted by atomic mass is 10.0. The molecule has 0 N–H and O–H groups in total. The third-order valence-electron chi connectivity index (χ3n) is 12.0. The van der Waals surface area contributed by atoms with Gasteiger partial charge in [-0.25, -0.2) is 0 Å². The smallest absolute Gasteiger partial charge is 0.0561 e. The number of aromatic nitrogens is 1. The molecular formula is C60H43N3. The molecule has 3 heteroatoms. The first-order valence-electron chi connectivity index (χ1n) is 21.5. The second-order valence-corrected chi connectivity index (χ2v) is 15.8. The molecule has 0 aliphatic carbocycles. The molecule has 11 rings (SSSR count). The molecule has 0 fully saturated rings. The average Bonchev–Trinajstić information content (AvgIpc) is 3.70. The Hall–Kier alpha value is -8.40. The predicted octanol–water partition coefficient (Wildman–Crippen LogP) is 16.7. The molecule has 0 spiro atoms. The molecule has 0 aliphatic heterocycles. The Morgan fingerprint density at radius 1 is 0.222 bits per heavy atom. The van der Waals surface area contributed by atoms with Gasteiger partial charge in [-0.3, -0.25) is 0 Å². The minimum Gasteiger partial charge on any atom is -0.311 e. The Morgan fingerprint density at radius 2 is 0.540 bits per heavy atom. The van der Waals surface area contributed by atoms with E-state index < -0.39 is 0 Å². The lowest BCUT2D eigenvalue weighted by Gasteiger charge is -2.26. The third-order valence-corrected chi connectivity index (χ3v) is 12.0. The van der Waals surface area contributed by atoms with Crippen molar-refractivity contribution in [1.82, 2.24) is 4.57 Å². The average molecular weight is 806 g/mol. The highest BCUT2D eigenvalue weighted by Crippen LogP contribution is 2.41. The number of nitrogens with zero attached hydrogens (tertiary/aromatic N) is 3. The summed E-state index contributed by atoms with van der Waals surface area (Å²) in [6.07, 6.45) is 0. The van der Waals surface area contributed by atoms with Gasteiger partial charge in [0.25, 0.3) is 0 Å². The van der Waals surface area contributed by atoms with Gasteiger partial charge in [0, 0.05) is 50.6 Å². The van der Waals surface area contributed by atoms with E-state index in [-0.39, 0.29) is 0 Å². The topological polar surface area (TPSA) is 11.4 Å². The molecule has 0 saturated heterocycles. The zero-order valence-corrected chi connectivity index (χ0v) is 34.7. The van der Waals surface area contributed by atoms with E-state index in [1.807, 2.05) is 0 Å². The molecular weight excluding hydrogens is 763 g/mol. The standard InChI is InChI=1S/C60H43N3/c1-5-15-44(16-6-1)46-25-33-52(34-26-46)61(50-19-9-3-10-20-50)53-35-29-48(30-36-53)49-31-39-55(40-32-49)63-59-24-14-13-23-57(59)58-42-41-56(43-60(58)63)62(51-21-11-4-12-22-51)54-37-27-47(28-38-54)45-17-7-2-8-18-45/h1-43H. The summed E-state index contributed by atoms with van der Waals surface area (Å²) in [7, 11) is 0. The molecule has 0 aliphatic rings. The van der Waals surface area contributed by atoms with Crippen LogP contribution in [0.3, 0.4) is 0 Å². The summed E-state index contributed by atoms with van der Waals surface area (Å²) in [6, 6.07) is 93.6. The van der Waals surface area contributed by atoms with E-state index in [9.17, 15) is 0 Å². The Morgan fingerprint density at radius 3 is 1.00 bits per heavy atom. The monoisotopic (exact) mass is 805 g/mol. The van der Waals surface area contributed by atoms with Gasteiger partial charge in [0.1, 0.15) is 0 Å². The minimum absolute atomic E-state index is 1.10. The Bertz CT molecular complexity index is 3270. The molecule has 1 aromatic heterocycles. The van der Waals surface area contributed by atoms with Crippen LogP contribution in [0.2, 0.25) is 0 Å². The van der Waals surface area contributed by atoms with Gasteiger partial charge in [-0.15, -0.1) is 0 Å². The fourth-order valence-electron chi connectivity index (χ4n) is 8.90. The maximum atomic E-state index is 2.41. The summed E-state index contributed by atoms with van der Waals surface area (Å²) in [5.41, 5.74) is 17.2. The molecule has 1 heterocycles. The Labute approximate surface area is 368 Å². The Balaban J connectivity index is 0.935. The van der Waals surface area contributed by atoms with Gasteiger partial charge in [-0.1, -0.05) is 170 Å². The van der Waals surface area contributed by atoms with Crippen molar-refractivity contribution in [1.29, 1.82) is 0 Å². The summed E-state index contributed by atoms with van der Waals surface area (Å²) in [5, 5.41) is 2.45. The predicted molar refractivity (Wildman–Crippen MR) is 266 cm³/mol. The van der Waals surface area contributed by atoms with Crippen molar-refractivity contribution >= 4 is 55.9 Å². The van der Waals surface area contributed by atoms with Gasteiger partial charge in [0.15, 0.2) is 0 Å². The highest BCUT2D eigenvalue weighted by molar-refractivity contribution is 6.10. The van der Waals surface area contributed by atoms with Crippen molar-refractivity contribution in [3.8, 4) is 39.1 Å². The van der Waals surface area contributed by atoms with E-state index in [4.69, 9.17) is 0 Å². The fraction of sp³-hybridized carbons (Fsp3) is 0. The van der Waals surface area contributed by atoms with E-state index in [0.29, 0.717) is 0 Å². The molecule has 298 valence electrons. The number of anilines is 6. The second kappa shape index (κ2) is 16.6. The van der Waals surface area contributed by atoms with Crippen LogP contribution in [0.4, 0.5) is 34.1 Å². The van der Waals surface area contributed by atoms with Crippen molar-refractivity contribution in [2.75, 3.05) is 9.80 Å². The van der Waals surface area contributed by atoms with Gasteiger partial charge in [-0.2, -0.15) is 0 Å². The van der Waals surface area contributed by atoms with Crippen molar-refractivity contribution in [2.24, 2.45) is 0 Å². The molecule has 10 aromatic carbocycles. The van der Waals surface area contributed by atoms with E-state index >= 15 is 0 Å². The molecule has 0 atom stereocenters. The van der Waals surface area contributed by atoms with Gasteiger partial charge in [0.05, 0.1) is 11.0 Å². The molecule has 0 radical (unpaired) electrons. The van der Waals surface area contributed by atoms with Crippen LogP contribution in [0.25, 0.3) is 60.9 Å². The molecule has 3 nitrogen and oxygen atoms in total. The number of fused-ring (bicyclic) bond motifs is 3. The second-order valence-electron chi connectivity index (χ2n) is 15.8. The van der Waals surface area contributed by atoms with Crippen LogP contribution in [-0.4, -0.2) is 4.57 Å². The van der Waals surface area contributed by atoms with E-state index in [1.54, 1.807) is 0 Å². The molecule has 0 unspecified atom stereocenters. The summed E-state index contributed by atoms with van der Waals surface area (Å²) in [4.78, 5) is 4.67. The minimum atomic E-state index is 1.10. The van der Waals surface area contributed by atoms with E-state index in [0.717, 1.165) is 45.3 Å². The number of rotatable bonds is 10. The van der Waals surface area contributed by atoms with Crippen molar-refractivity contribution < 1.29 is 0 Å². The SMILES string of the molecule is c1ccc(-c2ccc(N(c3ccccc3)c3ccc(-c4ccc(-n5c6ccccc6c6ccc(N(c7ccccc7)c7ccc(-c8ccccc8)cc7)cc65)cc4)cc3)cc2)cc1. The van der Waals surface area contributed by atoms with Crippen LogP contribution in [-0.2, 0) is 0 Å². The van der Waals surface area contributed by atoms with Gasteiger partial charge in [0.2, 0.25) is 0 Å². The van der Waals surface area contributed by atoms with Crippen molar-refractivity contribution in [3.63, 3.8) is 0 Å². The maximum absolute atomic E-state index is 2.41. The zero-order chi connectivity index (χ0) is 42.0. The first kappa shape index (κ1) is 37.6. The van der Waals surface area contributed by atoms with Crippen LogP contribution < -0.4 is 9.80 Å².